The Bertz CT molecular complexity index is 4580. The highest BCUT2D eigenvalue weighted by atomic mass is 79.9. The number of esters is 2. The number of benzene rings is 5. The van der Waals surface area contributed by atoms with Crippen LogP contribution in [0.4, 0.5) is 23.3 Å². The Labute approximate surface area is 562 Å². The molecule has 5 aromatic carbocycles. The number of nitrogen functional groups attached to an aromatic ring is 5. The van der Waals surface area contributed by atoms with Gasteiger partial charge in [-0.1, -0.05) is 60.7 Å². The number of nitrogens with one attached hydrogen (secondary N) is 1. The lowest BCUT2D eigenvalue weighted by molar-refractivity contribution is 0.0588. The van der Waals surface area contributed by atoms with E-state index >= 15 is 0 Å². The number of carbonyl (C=O) groups excluding carboxylic acids is 5. The van der Waals surface area contributed by atoms with E-state index in [0.29, 0.717) is 61.1 Å². The lowest BCUT2D eigenvalue weighted by atomic mass is 10.1. The molecule has 0 saturated heterocycles. The molecule has 0 aliphatic rings. The quantitative estimate of drug-likeness (QED) is 0.0247. The van der Waals surface area contributed by atoms with Crippen LogP contribution >= 0.6 is 15.9 Å². The van der Waals surface area contributed by atoms with Crippen molar-refractivity contribution >= 4 is 68.9 Å². The average Bonchev–Trinajstić information content (AvgIpc) is 1.76. The van der Waals surface area contributed by atoms with E-state index in [2.05, 4.69) is 98.0 Å². The number of ether oxygens (including phenoxy) is 2. The third kappa shape index (κ3) is 18.1. The second-order valence-electron chi connectivity index (χ2n) is 21.1. The van der Waals surface area contributed by atoms with Crippen molar-refractivity contribution in [3.63, 3.8) is 0 Å². The highest BCUT2D eigenvalue weighted by molar-refractivity contribution is 9.10. The fourth-order valence-corrected chi connectivity index (χ4v) is 8.79. The summed E-state index contributed by atoms with van der Waals surface area (Å²) >= 11 is 3.06. The van der Waals surface area contributed by atoms with Gasteiger partial charge in [-0.3, -0.25) is 19.8 Å². The van der Waals surface area contributed by atoms with Gasteiger partial charge in [0.25, 0.3) is 29.5 Å². The zero-order valence-corrected chi connectivity index (χ0v) is 55.0. The van der Waals surface area contributed by atoms with Crippen LogP contribution in [0.2, 0.25) is 0 Å². The van der Waals surface area contributed by atoms with Crippen molar-refractivity contribution in [1.29, 1.82) is 0 Å². The number of aromatic nitrogens is 12. The molecular formula is C65H64BrN21O10. The van der Waals surface area contributed by atoms with Gasteiger partial charge in [-0.15, -0.1) is 20.4 Å². The standard InChI is InChI=1S/C23H20N6O4.C22H22N6O2.C14H16N6O2.C6H6BrN3O2/c1-29(2)22(30)15-8-4-13(5-9-15)17-12-25-19(24)18(26-17)21-28-27-20(33-21)14-6-10-16(11-7-14)23(31)32-3;1-28(2)12-14-3-7-16(8-4-14)18-11-24-20(23)19(25-18)22-27-26-21(30-22)17-9-5-15(13-29)6-10-17;1-20(2)14(22)9-5-3-8(4-6-9)10-7-17-12(15)11(18-10)13(21)19-16;1-12-6(11)4-5(8)9-2-3(7)10-4/h4-12H,1-3H3,(H2,24,25);3-11,29H,12-13H2,1-2H3,(H2,23,24);3-7H,16H2,1-2H3,(H2,15,17)(H,19,21);2H,1H3,(H2,8,9). The van der Waals surface area contributed by atoms with Crippen molar-refractivity contribution in [2.75, 3.05) is 79.4 Å². The molecule has 0 aliphatic heterocycles. The third-order valence-corrected chi connectivity index (χ3v) is 13.9. The Balaban J connectivity index is 0.000000174. The highest BCUT2D eigenvalue weighted by Gasteiger charge is 2.21. The number of aliphatic hydroxyl groups is 1. The number of halogens is 1. The number of nitrogens with two attached hydrogens (primary N) is 5. The normalized spacial score (nSPS) is 10.6. The van der Waals surface area contributed by atoms with E-state index in [0.717, 1.165) is 28.8 Å². The first-order valence-corrected chi connectivity index (χ1v) is 29.5. The van der Waals surface area contributed by atoms with E-state index < -0.39 is 17.8 Å². The summed E-state index contributed by atoms with van der Waals surface area (Å²) in [5, 5.41) is 25.5. The first-order chi connectivity index (χ1) is 46.5. The van der Waals surface area contributed by atoms with Crippen LogP contribution < -0.4 is 34.2 Å². The smallest absolute Gasteiger partial charge is 0.360 e. The molecule has 3 amide bonds. The van der Waals surface area contributed by atoms with Crippen LogP contribution in [-0.2, 0) is 22.6 Å². The van der Waals surface area contributed by atoms with Crippen molar-refractivity contribution in [2.24, 2.45) is 5.84 Å². The predicted octanol–water partition coefficient (Wildman–Crippen LogP) is 6.57. The number of carbonyl (C=O) groups is 5. The Morgan fingerprint density at radius 2 is 0.835 bits per heavy atom. The van der Waals surface area contributed by atoms with Gasteiger partial charge in [0.1, 0.15) is 4.60 Å². The number of hydrogen-bond donors (Lipinski definition) is 7. The summed E-state index contributed by atoms with van der Waals surface area (Å²) < 4.78 is 21.1. The van der Waals surface area contributed by atoms with Crippen molar-refractivity contribution in [3.05, 3.63) is 190 Å². The summed E-state index contributed by atoms with van der Waals surface area (Å²) in [5.74, 6) is 4.52. The maximum Gasteiger partial charge on any atom is 0.360 e. The number of hydrazine groups is 1. The van der Waals surface area contributed by atoms with E-state index in [1.807, 2.05) is 43.8 Å². The molecule has 6 aromatic heterocycles. The summed E-state index contributed by atoms with van der Waals surface area (Å²) in [6.45, 7) is 0.841. The van der Waals surface area contributed by atoms with Crippen molar-refractivity contribution in [3.8, 4) is 79.8 Å². The number of rotatable bonds is 15. The summed E-state index contributed by atoms with van der Waals surface area (Å²) in [4.78, 5) is 96.4. The van der Waals surface area contributed by atoms with Gasteiger partial charge in [0, 0.05) is 73.7 Å². The largest absolute Gasteiger partial charge is 0.465 e. The van der Waals surface area contributed by atoms with Gasteiger partial charge in [-0.05, 0) is 102 Å². The molecule has 0 radical (unpaired) electrons. The molecule has 0 unspecified atom stereocenters. The number of nitrogens with zero attached hydrogens (tertiary/aromatic N) is 15. The van der Waals surface area contributed by atoms with E-state index in [1.54, 1.807) is 119 Å². The van der Waals surface area contributed by atoms with Crippen molar-refractivity contribution in [2.45, 2.75) is 13.2 Å². The second-order valence-corrected chi connectivity index (χ2v) is 21.9. The zero-order valence-electron chi connectivity index (χ0n) is 53.4. The fraction of sp³-hybridized carbons (Fsp3) is 0.154. The Kier molecular flexibility index (Phi) is 23.6. The van der Waals surface area contributed by atoms with E-state index in [1.165, 1.54) is 48.2 Å². The number of methoxy groups -OCH3 is 2. The van der Waals surface area contributed by atoms with E-state index in [-0.39, 0.29) is 76.4 Å². The van der Waals surface area contributed by atoms with Crippen molar-refractivity contribution < 1.29 is 47.4 Å². The lowest BCUT2D eigenvalue weighted by Gasteiger charge is -2.10. The van der Waals surface area contributed by atoms with Crippen LogP contribution in [0.25, 0.3) is 79.8 Å². The molecule has 32 heteroatoms. The second kappa shape index (κ2) is 32.4. The Morgan fingerprint density at radius 3 is 1.26 bits per heavy atom. The molecule has 31 nitrogen and oxygen atoms in total. The van der Waals surface area contributed by atoms with Crippen molar-refractivity contribution in [1.82, 2.24) is 80.4 Å². The molecule has 11 aromatic rings. The van der Waals surface area contributed by atoms with Crippen LogP contribution in [0.5, 0.6) is 0 Å². The summed E-state index contributed by atoms with van der Waals surface area (Å²) in [6, 6.07) is 35.7. The Hall–Kier alpha value is -12.4. The van der Waals surface area contributed by atoms with Gasteiger partial charge in [0.2, 0.25) is 11.8 Å². The number of amides is 3. The van der Waals surface area contributed by atoms with Crippen LogP contribution in [0, 0.1) is 0 Å². The summed E-state index contributed by atoms with van der Waals surface area (Å²) in [7, 11) is 13.4. The molecular weight excluding hydrogens is 1310 g/mol. The van der Waals surface area contributed by atoms with Gasteiger partial charge >= 0.3 is 11.9 Å². The van der Waals surface area contributed by atoms with Crippen LogP contribution in [0.3, 0.4) is 0 Å². The molecule has 97 heavy (non-hydrogen) atoms. The van der Waals surface area contributed by atoms with Crippen LogP contribution in [0.1, 0.15) is 63.2 Å². The molecule has 496 valence electrons. The Morgan fingerprint density at radius 1 is 0.464 bits per heavy atom. The molecule has 0 atom stereocenters. The number of hydrogen-bond acceptors (Lipinski definition) is 28. The number of anilines is 4. The molecule has 0 saturated carbocycles. The summed E-state index contributed by atoms with van der Waals surface area (Å²) in [5.41, 5.74) is 34.5. The van der Waals surface area contributed by atoms with Gasteiger partial charge < -0.3 is 61.0 Å². The van der Waals surface area contributed by atoms with E-state index in [9.17, 15) is 29.1 Å². The lowest BCUT2D eigenvalue weighted by Crippen LogP contribution is -2.31. The van der Waals surface area contributed by atoms with Gasteiger partial charge in [0.05, 0.1) is 68.3 Å². The maximum absolute atomic E-state index is 12.1. The molecule has 0 bridgehead atoms. The average molecular weight is 1380 g/mol. The van der Waals surface area contributed by atoms with Crippen LogP contribution in [0.15, 0.2) is 160 Å². The minimum atomic E-state index is -0.619. The molecule has 12 N–H and O–H groups in total. The van der Waals surface area contributed by atoms with Gasteiger partial charge in [-0.2, -0.15) is 0 Å². The predicted molar refractivity (Wildman–Crippen MR) is 361 cm³/mol. The minimum Gasteiger partial charge on any atom is -0.465 e. The maximum atomic E-state index is 12.1. The first-order valence-electron chi connectivity index (χ1n) is 28.7. The third-order valence-electron chi connectivity index (χ3n) is 13.5. The minimum absolute atomic E-state index is 0.00824. The van der Waals surface area contributed by atoms with Gasteiger partial charge in [0.15, 0.2) is 46.0 Å². The van der Waals surface area contributed by atoms with Gasteiger partial charge in [-0.25, -0.2) is 55.3 Å². The molecule has 0 aliphatic carbocycles. The molecule has 0 spiro atoms. The number of aliphatic hydroxyl groups excluding tert-OH is 1. The molecule has 11 rings (SSSR count). The van der Waals surface area contributed by atoms with E-state index in [4.69, 9.17) is 42.3 Å². The molecule has 0 fully saturated rings. The topological polar surface area (TPSA) is 457 Å². The highest BCUT2D eigenvalue weighted by Crippen LogP contribution is 2.31. The monoisotopic (exact) mass is 1380 g/mol. The molecule has 6 heterocycles. The SMILES string of the molecule is CN(C)C(=O)c1ccc(-c2cnc(N)c(C(=O)NN)n2)cc1.CN(C)Cc1ccc(-c2cnc(N)c(-c3nnc(-c4ccc(CO)cc4)o3)n2)cc1.COC(=O)c1ccc(-c2nnc(-c3nc(-c4ccc(C(=O)N(C)C)cc4)cnc3N)o2)cc1.COC(=O)c1nc(Br)cnc1N. The zero-order chi connectivity index (χ0) is 70.0. The van der Waals surface area contributed by atoms with Crippen LogP contribution in [-0.4, -0.2) is 166 Å². The first kappa shape index (κ1) is 70.5. The fourth-order valence-electron chi connectivity index (χ4n) is 8.51. The summed E-state index contributed by atoms with van der Waals surface area (Å²) in [6.07, 6.45) is 6.02.